The van der Waals surface area contributed by atoms with Crippen molar-refractivity contribution in [2.75, 3.05) is 7.11 Å². The first-order valence-corrected chi connectivity index (χ1v) is 3.69. The summed E-state index contributed by atoms with van der Waals surface area (Å²) in [6.07, 6.45) is -4.76. The lowest BCUT2D eigenvalue weighted by atomic mass is 10.0. The van der Waals surface area contributed by atoms with Crippen molar-refractivity contribution in [3.63, 3.8) is 0 Å². The second kappa shape index (κ2) is 4.45. The van der Waals surface area contributed by atoms with Crippen molar-refractivity contribution < 1.29 is 22.7 Å². The number of methoxy groups -OCH3 is 1. The summed E-state index contributed by atoms with van der Waals surface area (Å²) in [6.45, 7) is 0.975. The molecular weight excluding hydrogens is 187 g/mol. The molecule has 0 aliphatic heterocycles. The van der Waals surface area contributed by atoms with E-state index in [2.05, 4.69) is 4.74 Å². The standard InChI is InChI=1S/C7H12F3NO2/c1-4(7(8,9)10)3-5(11)6(12)13-2/h4-5H,3,11H2,1-2H3/t4?,5-/m1/s1. The summed E-state index contributed by atoms with van der Waals surface area (Å²) in [5.74, 6) is -2.42. The molecule has 0 radical (unpaired) electrons. The zero-order chi connectivity index (χ0) is 10.6. The molecule has 0 aromatic rings. The molecule has 0 amide bonds. The Morgan fingerprint density at radius 3 is 2.31 bits per heavy atom. The Morgan fingerprint density at radius 1 is 1.54 bits per heavy atom. The van der Waals surface area contributed by atoms with Crippen molar-refractivity contribution in [1.82, 2.24) is 0 Å². The van der Waals surface area contributed by atoms with Gasteiger partial charge in [0.25, 0.3) is 0 Å². The SMILES string of the molecule is COC(=O)[C@H](N)CC(C)C(F)(F)F. The van der Waals surface area contributed by atoms with Gasteiger partial charge in [-0.05, 0) is 6.42 Å². The van der Waals surface area contributed by atoms with E-state index in [-0.39, 0.29) is 0 Å². The highest BCUT2D eigenvalue weighted by Gasteiger charge is 2.37. The quantitative estimate of drug-likeness (QED) is 0.692. The van der Waals surface area contributed by atoms with E-state index in [0.717, 1.165) is 14.0 Å². The molecule has 0 saturated carbocycles. The molecule has 0 spiro atoms. The molecule has 0 saturated heterocycles. The maximum absolute atomic E-state index is 12.0. The van der Waals surface area contributed by atoms with Gasteiger partial charge < -0.3 is 10.5 Å². The highest BCUT2D eigenvalue weighted by atomic mass is 19.4. The molecule has 0 aliphatic carbocycles. The summed E-state index contributed by atoms with van der Waals surface area (Å²) in [5.41, 5.74) is 5.15. The number of carbonyl (C=O) groups excluding carboxylic acids is 1. The summed E-state index contributed by atoms with van der Waals surface area (Å²) >= 11 is 0. The molecule has 6 heteroatoms. The second-order valence-corrected chi connectivity index (χ2v) is 2.81. The minimum absolute atomic E-state index is 0.448. The summed E-state index contributed by atoms with van der Waals surface area (Å²) in [7, 11) is 1.08. The third kappa shape index (κ3) is 4.12. The molecule has 2 N–H and O–H groups in total. The topological polar surface area (TPSA) is 52.3 Å². The van der Waals surface area contributed by atoms with Gasteiger partial charge in [-0.1, -0.05) is 6.92 Å². The lowest BCUT2D eigenvalue weighted by Crippen LogP contribution is -2.36. The molecule has 0 aromatic heterocycles. The fourth-order valence-electron chi connectivity index (χ4n) is 0.762. The first kappa shape index (κ1) is 12.2. The van der Waals surface area contributed by atoms with E-state index in [4.69, 9.17) is 5.73 Å². The van der Waals surface area contributed by atoms with Crippen LogP contribution in [0.25, 0.3) is 0 Å². The number of nitrogens with two attached hydrogens (primary N) is 1. The summed E-state index contributed by atoms with van der Waals surface area (Å²) in [4.78, 5) is 10.7. The average Bonchev–Trinajstić information content (AvgIpc) is 2.01. The van der Waals surface area contributed by atoms with Gasteiger partial charge in [0.15, 0.2) is 0 Å². The first-order valence-electron chi connectivity index (χ1n) is 3.69. The molecule has 0 bridgehead atoms. The monoisotopic (exact) mass is 199 g/mol. The maximum Gasteiger partial charge on any atom is 0.391 e. The van der Waals surface area contributed by atoms with Gasteiger partial charge in [0, 0.05) is 0 Å². The predicted octanol–water partition coefficient (Wildman–Crippen LogP) is 1.08. The van der Waals surface area contributed by atoms with Crippen LogP contribution in [0.4, 0.5) is 13.2 Å². The smallest absolute Gasteiger partial charge is 0.391 e. The predicted molar refractivity (Wildman–Crippen MR) is 39.8 cm³/mol. The van der Waals surface area contributed by atoms with Gasteiger partial charge in [0.2, 0.25) is 0 Å². The number of alkyl halides is 3. The van der Waals surface area contributed by atoms with Gasteiger partial charge in [-0.2, -0.15) is 13.2 Å². The van der Waals surface area contributed by atoms with Gasteiger partial charge in [0.1, 0.15) is 6.04 Å². The van der Waals surface area contributed by atoms with Crippen molar-refractivity contribution >= 4 is 5.97 Å². The van der Waals surface area contributed by atoms with E-state index in [1.54, 1.807) is 0 Å². The lowest BCUT2D eigenvalue weighted by molar-refractivity contribution is -0.174. The Kier molecular flexibility index (Phi) is 4.19. The van der Waals surface area contributed by atoms with E-state index in [9.17, 15) is 18.0 Å². The molecule has 1 unspecified atom stereocenters. The molecule has 0 heterocycles. The highest BCUT2D eigenvalue weighted by Crippen LogP contribution is 2.28. The number of ether oxygens (including phenoxy) is 1. The van der Waals surface area contributed by atoms with E-state index >= 15 is 0 Å². The van der Waals surface area contributed by atoms with Crippen LogP contribution in [0.15, 0.2) is 0 Å². The minimum atomic E-state index is -4.31. The number of hydrogen-bond donors (Lipinski definition) is 1. The van der Waals surface area contributed by atoms with Crippen molar-refractivity contribution in [2.45, 2.75) is 25.6 Å². The maximum atomic E-state index is 12.0. The van der Waals surface area contributed by atoms with Gasteiger partial charge in [0.05, 0.1) is 13.0 Å². The van der Waals surface area contributed by atoms with E-state index in [0.29, 0.717) is 0 Å². The lowest BCUT2D eigenvalue weighted by Gasteiger charge is -2.18. The van der Waals surface area contributed by atoms with Gasteiger partial charge in [-0.3, -0.25) is 4.79 Å². The van der Waals surface area contributed by atoms with Crippen LogP contribution in [0.1, 0.15) is 13.3 Å². The van der Waals surface area contributed by atoms with Crippen LogP contribution in [0.2, 0.25) is 0 Å². The molecular formula is C7H12F3NO2. The van der Waals surface area contributed by atoms with Crippen LogP contribution in [-0.4, -0.2) is 25.3 Å². The zero-order valence-corrected chi connectivity index (χ0v) is 7.39. The molecule has 2 atom stereocenters. The number of carbonyl (C=O) groups is 1. The third-order valence-electron chi connectivity index (χ3n) is 1.67. The van der Waals surface area contributed by atoms with Crippen LogP contribution >= 0.6 is 0 Å². The van der Waals surface area contributed by atoms with Gasteiger partial charge in [-0.15, -0.1) is 0 Å². The Hall–Kier alpha value is -0.780. The number of rotatable bonds is 3. The zero-order valence-electron chi connectivity index (χ0n) is 7.39. The molecule has 13 heavy (non-hydrogen) atoms. The Balaban J connectivity index is 4.06. The number of esters is 1. The highest BCUT2D eigenvalue weighted by molar-refractivity contribution is 5.75. The summed E-state index contributed by atoms with van der Waals surface area (Å²) < 4.78 is 40.1. The molecule has 0 fully saturated rings. The molecule has 3 nitrogen and oxygen atoms in total. The third-order valence-corrected chi connectivity index (χ3v) is 1.67. The summed E-state index contributed by atoms with van der Waals surface area (Å²) in [6, 6.07) is -1.21. The van der Waals surface area contributed by atoms with Crippen LogP contribution in [0.5, 0.6) is 0 Å². The second-order valence-electron chi connectivity index (χ2n) is 2.81. The first-order chi connectivity index (χ1) is 5.79. The largest absolute Gasteiger partial charge is 0.468 e. The molecule has 0 aliphatic rings. The molecule has 0 aromatic carbocycles. The van der Waals surface area contributed by atoms with Crippen molar-refractivity contribution in [1.29, 1.82) is 0 Å². The van der Waals surface area contributed by atoms with Crippen LogP contribution in [0, 0.1) is 5.92 Å². The van der Waals surface area contributed by atoms with Gasteiger partial charge >= 0.3 is 12.1 Å². The van der Waals surface area contributed by atoms with Crippen LogP contribution < -0.4 is 5.73 Å². The normalized spacial score (nSPS) is 16.5. The Labute approximate surface area is 74.0 Å². The van der Waals surface area contributed by atoms with Crippen molar-refractivity contribution in [3.8, 4) is 0 Å². The summed E-state index contributed by atoms with van der Waals surface area (Å²) in [5, 5.41) is 0. The van der Waals surface area contributed by atoms with Crippen LogP contribution in [0.3, 0.4) is 0 Å². The number of halogens is 3. The van der Waals surface area contributed by atoms with Crippen molar-refractivity contribution in [3.05, 3.63) is 0 Å². The Bertz CT molecular complexity index is 181. The van der Waals surface area contributed by atoms with E-state index in [1.165, 1.54) is 0 Å². The molecule has 0 rings (SSSR count). The van der Waals surface area contributed by atoms with E-state index in [1.807, 2.05) is 0 Å². The Morgan fingerprint density at radius 2 is 2.00 bits per heavy atom. The fourth-order valence-corrected chi connectivity index (χ4v) is 0.762. The van der Waals surface area contributed by atoms with Gasteiger partial charge in [-0.25, -0.2) is 0 Å². The average molecular weight is 199 g/mol. The fraction of sp³-hybridized carbons (Fsp3) is 0.857. The number of hydrogen-bond acceptors (Lipinski definition) is 3. The van der Waals surface area contributed by atoms with E-state index < -0.39 is 30.5 Å². The van der Waals surface area contributed by atoms with Crippen molar-refractivity contribution in [2.24, 2.45) is 11.7 Å². The van der Waals surface area contributed by atoms with Crippen LogP contribution in [-0.2, 0) is 9.53 Å². The molecule has 78 valence electrons. The minimum Gasteiger partial charge on any atom is -0.468 e.